The van der Waals surface area contributed by atoms with Gasteiger partial charge >= 0.3 is 12.5 Å². The lowest BCUT2D eigenvalue weighted by Crippen LogP contribution is -2.35. The highest BCUT2D eigenvalue weighted by Gasteiger charge is 2.32. The van der Waals surface area contributed by atoms with E-state index in [-0.39, 0.29) is 17.6 Å². The molecule has 1 fully saturated rings. The zero-order chi connectivity index (χ0) is 24.9. The van der Waals surface area contributed by atoms with Gasteiger partial charge in [0.2, 0.25) is 0 Å². The highest BCUT2D eigenvalue weighted by molar-refractivity contribution is 6.33. The maximum absolute atomic E-state index is 12.4. The summed E-state index contributed by atoms with van der Waals surface area (Å²) in [6.07, 6.45) is 5.41. The lowest BCUT2D eigenvalue weighted by atomic mass is 9.81. The molecule has 0 radical (unpaired) electrons. The molecule has 1 amide bonds. The Balaban J connectivity index is 0.00000158. The highest BCUT2D eigenvalue weighted by atomic mass is 35.5. The number of rotatable bonds is 5. The number of halogens is 4. The fourth-order valence-electron chi connectivity index (χ4n) is 4.23. The highest BCUT2D eigenvalue weighted by Crippen LogP contribution is 2.37. The van der Waals surface area contributed by atoms with Gasteiger partial charge in [0.15, 0.2) is 0 Å². The summed E-state index contributed by atoms with van der Waals surface area (Å²) < 4.78 is 41.3. The number of nitrogens with zero attached hydrogens (tertiary/aromatic N) is 2. The van der Waals surface area contributed by atoms with Gasteiger partial charge < -0.3 is 14.8 Å². The molecule has 6 nitrogen and oxygen atoms in total. The van der Waals surface area contributed by atoms with E-state index in [4.69, 9.17) is 11.6 Å². The van der Waals surface area contributed by atoms with Gasteiger partial charge in [0.05, 0.1) is 21.7 Å². The number of terminal acetylenes is 1. The Morgan fingerprint density at radius 3 is 2.47 bits per heavy atom. The molecule has 4 rings (SSSR count). The number of hydrogen-bond acceptors (Lipinski definition) is 3. The van der Waals surface area contributed by atoms with Crippen LogP contribution in [-0.2, 0) is 0 Å². The summed E-state index contributed by atoms with van der Waals surface area (Å²) in [6, 6.07) is 10.9. The lowest BCUT2D eigenvalue weighted by Gasteiger charge is -2.31. The van der Waals surface area contributed by atoms with E-state index in [2.05, 4.69) is 27.6 Å². The number of carboxylic acid groups (broad SMARTS) is 1. The molecule has 3 aromatic rings. The van der Waals surface area contributed by atoms with E-state index in [1.165, 1.54) is 23.1 Å². The summed E-state index contributed by atoms with van der Waals surface area (Å²) in [6.45, 7) is 0.351. The molecule has 1 aromatic heterocycles. The van der Waals surface area contributed by atoms with Gasteiger partial charge in [-0.2, -0.15) is 0 Å². The number of ether oxygens (including phenoxy) is 1. The number of carbonyl (C=O) groups is 1. The van der Waals surface area contributed by atoms with E-state index < -0.39 is 12.5 Å². The summed E-state index contributed by atoms with van der Waals surface area (Å²) in [7, 11) is 0. The maximum atomic E-state index is 12.4. The molecule has 1 heterocycles. The third kappa shape index (κ3) is 6.14. The number of nitrogens with one attached hydrogen (secondary N) is 1. The van der Waals surface area contributed by atoms with Crippen molar-refractivity contribution in [2.45, 2.75) is 38.0 Å². The van der Waals surface area contributed by atoms with Crippen molar-refractivity contribution in [3.63, 3.8) is 0 Å². The largest absolute Gasteiger partial charge is 0.573 e. The van der Waals surface area contributed by atoms with Crippen LogP contribution in [0.15, 0.2) is 42.5 Å². The molecular formula is C24H23ClF3N3O3. The van der Waals surface area contributed by atoms with Gasteiger partial charge in [-0.3, -0.25) is 4.90 Å². The zero-order valence-electron chi connectivity index (χ0n) is 18.1. The SMILES string of the molecule is C#C.O=C(O)N(CC1CCC(c2nc3ccc(OC(F)(F)F)cc3[nH]2)CC1)c1ccccc1Cl. The monoisotopic (exact) mass is 493 g/mol. The molecule has 1 saturated carbocycles. The van der Waals surface area contributed by atoms with Gasteiger partial charge in [-0.15, -0.1) is 26.0 Å². The van der Waals surface area contributed by atoms with Crippen molar-refractivity contribution in [3.05, 3.63) is 53.3 Å². The van der Waals surface area contributed by atoms with Crippen LogP contribution in [0.4, 0.5) is 23.7 Å². The Morgan fingerprint density at radius 1 is 1.18 bits per heavy atom. The average molecular weight is 494 g/mol. The van der Waals surface area contributed by atoms with Gasteiger partial charge in [0.25, 0.3) is 0 Å². The van der Waals surface area contributed by atoms with Crippen molar-refractivity contribution < 1.29 is 27.8 Å². The van der Waals surface area contributed by atoms with Crippen LogP contribution in [0.5, 0.6) is 5.75 Å². The van der Waals surface area contributed by atoms with Crippen LogP contribution in [0.3, 0.4) is 0 Å². The van der Waals surface area contributed by atoms with Crippen LogP contribution in [0.25, 0.3) is 11.0 Å². The Hall–Kier alpha value is -3.38. The number of benzene rings is 2. The molecule has 34 heavy (non-hydrogen) atoms. The van der Waals surface area contributed by atoms with Gasteiger partial charge in [0.1, 0.15) is 11.6 Å². The van der Waals surface area contributed by atoms with E-state index in [9.17, 15) is 23.1 Å². The Kier molecular flexibility index (Phi) is 7.94. The molecule has 1 aliphatic carbocycles. The molecule has 0 aliphatic heterocycles. The standard InChI is InChI=1S/C22H21ClF3N3O3.C2H2/c23-16-3-1-2-4-19(16)29(21(30)31)12-13-5-7-14(8-6-13)20-27-17-10-9-15(11-18(17)28-20)32-22(24,25)26;1-2/h1-4,9-11,13-14H,5-8,12H2,(H,27,28)(H,30,31);1-2H. The zero-order valence-corrected chi connectivity index (χ0v) is 18.8. The summed E-state index contributed by atoms with van der Waals surface area (Å²) >= 11 is 6.18. The number of aromatic amines is 1. The second kappa shape index (κ2) is 10.7. The number of aromatic nitrogens is 2. The minimum Gasteiger partial charge on any atom is -0.465 e. The maximum Gasteiger partial charge on any atom is 0.573 e. The van der Waals surface area contributed by atoms with Crippen molar-refractivity contribution in [3.8, 4) is 18.6 Å². The molecule has 10 heteroatoms. The molecule has 0 saturated heterocycles. The summed E-state index contributed by atoms with van der Waals surface area (Å²) in [5, 5.41) is 10.0. The number of hydrogen-bond donors (Lipinski definition) is 2. The first-order valence-electron chi connectivity index (χ1n) is 10.5. The fourth-order valence-corrected chi connectivity index (χ4v) is 4.46. The Bertz CT molecular complexity index is 1150. The molecule has 2 aromatic carbocycles. The van der Waals surface area contributed by atoms with Crippen LogP contribution in [0.2, 0.25) is 5.02 Å². The van der Waals surface area contributed by atoms with Crippen LogP contribution < -0.4 is 9.64 Å². The van der Waals surface area contributed by atoms with Gasteiger partial charge in [-0.05, 0) is 55.9 Å². The molecule has 0 spiro atoms. The van der Waals surface area contributed by atoms with Crippen LogP contribution in [0.1, 0.15) is 37.4 Å². The predicted molar refractivity (Wildman–Crippen MR) is 124 cm³/mol. The number of H-pyrrole nitrogens is 1. The van der Waals surface area contributed by atoms with E-state index in [1.807, 2.05) is 0 Å². The molecule has 1 aliphatic rings. The fraction of sp³-hybridized carbons (Fsp3) is 0.333. The van der Waals surface area contributed by atoms with E-state index in [0.29, 0.717) is 28.3 Å². The molecule has 0 unspecified atom stereocenters. The first-order chi connectivity index (χ1) is 16.2. The topological polar surface area (TPSA) is 78.4 Å². The van der Waals surface area contributed by atoms with Crippen LogP contribution >= 0.6 is 11.6 Å². The van der Waals surface area contributed by atoms with E-state index in [1.54, 1.807) is 24.3 Å². The number of amides is 1. The second-order valence-corrected chi connectivity index (χ2v) is 8.32. The predicted octanol–water partition coefficient (Wildman–Crippen LogP) is 6.82. The third-order valence-corrected chi connectivity index (χ3v) is 6.07. The van der Waals surface area contributed by atoms with Crippen molar-refractivity contribution in [2.24, 2.45) is 5.92 Å². The smallest absolute Gasteiger partial charge is 0.465 e. The van der Waals surface area contributed by atoms with Gasteiger partial charge in [-0.25, -0.2) is 9.78 Å². The van der Waals surface area contributed by atoms with Crippen LogP contribution in [-0.4, -0.2) is 34.1 Å². The van der Waals surface area contributed by atoms with Crippen molar-refractivity contribution in [1.29, 1.82) is 0 Å². The lowest BCUT2D eigenvalue weighted by molar-refractivity contribution is -0.274. The summed E-state index contributed by atoms with van der Waals surface area (Å²) in [5.41, 5.74) is 1.53. The number of imidazole rings is 1. The first-order valence-corrected chi connectivity index (χ1v) is 10.9. The Morgan fingerprint density at radius 2 is 1.85 bits per heavy atom. The second-order valence-electron chi connectivity index (χ2n) is 7.91. The van der Waals surface area contributed by atoms with E-state index >= 15 is 0 Å². The molecule has 2 N–H and O–H groups in total. The summed E-state index contributed by atoms with van der Waals surface area (Å²) in [5.74, 6) is 0.736. The molecule has 180 valence electrons. The van der Waals surface area contributed by atoms with Crippen molar-refractivity contribution in [2.75, 3.05) is 11.4 Å². The van der Waals surface area contributed by atoms with Crippen molar-refractivity contribution in [1.82, 2.24) is 9.97 Å². The number of alkyl halides is 3. The summed E-state index contributed by atoms with van der Waals surface area (Å²) in [4.78, 5) is 20.7. The van der Waals surface area contributed by atoms with Crippen LogP contribution in [0, 0.1) is 18.8 Å². The first kappa shape index (κ1) is 25.2. The molecule has 0 atom stereocenters. The quantitative estimate of drug-likeness (QED) is 0.382. The molecule has 0 bridgehead atoms. The number of anilines is 1. The van der Waals surface area contributed by atoms with Gasteiger partial charge in [-0.1, -0.05) is 23.7 Å². The third-order valence-electron chi connectivity index (χ3n) is 5.75. The Labute approximate surface area is 199 Å². The minimum atomic E-state index is -4.75. The minimum absolute atomic E-state index is 0.129. The molecular weight excluding hydrogens is 471 g/mol. The number of para-hydroxylation sites is 1. The van der Waals surface area contributed by atoms with E-state index in [0.717, 1.165) is 31.5 Å². The van der Waals surface area contributed by atoms with Crippen molar-refractivity contribution >= 4 is 34.4 Å². The number of fused-ring (bicyclic) bond motifs is 1. The normalized spacial score (nSPS) is 18.1. The average Bonchev–Trinajstić information content (AvgIpc) is 3.22. The van der Waals surface area contributed by atoms with Gasteiger partial charge in [0, 0.05) is 18.5 Å².